The van der Waals surface area contributed by atoms with Crippen molar-refractivity contribution >= 4 is 40.8 Å². The minimum atomic E-state index is -5.08. The maximum atomic E-state index is 12.6. The van der Waals surface area contributed by atoms with Crippen molar-refractivity contribution in [1.82, 2.24) is 0 Å². The largest absolute Gasteiger partial charge is 0.490 e. The topological polar surface area (TPSA) is 107 Å². The lowest BCUT2D eigenvalue weighted by molar-refractivity contribution is -0.192. The van der Waals surface area contributed by atoms with Crippen LogP contribution < -0.4 is 10.2 Å². The number of rotatable bonds is 4. The Balaban J connectivity index is 0.000000479. The Morgan fingerprint density at radius 2 is 1.52 bits per heavy atom. The standard InChI is InChI=1S/C20H21ClN2O3.C2HF3O2/c1-13-8-10-23(11-9-13)18-7-4-15(20(25)26)12-17(18)22-19(24)14-2-5-16(21)6-3-14;3-2(4,5)1(6)7/h2-7,12-13H,8-11H2,1H3,(H,22,24)(H,25,26);(H,6,7). The zero-order chi connectivity index (χ0) is 24.8. The number of amides is 1. The van der Waals surface area contributed by atoms with Crippen LogP contribution in [-0.2, 0) is 4.79 Å². The number of carboxylic acid groups (broad SMARTS) is 2. The number of halogens is 4. The fourth-order valence-electron chi connectivity index (χ4n) is 3.09. The normalized spacial score (nSPS) is 14.2. The summed E-state index contributed by atoms with van der Waals surface area (Å²) in [5, 5.41) is 19.8. The van der Waals surface area contributed by atoms with Crippen molar-refractivity contribution in [3.05, 3.63) is 58.6 Å². The van der Waals surface area contributed by atoms with E-state index in [2.05, 4.69) is 17.1 Å². The van der Waals surface area contributed by atoms with Gasteiger partial charge >= 0.3 is 18.1 Å². The van der Waals surface area contributed by atoms with Crippen molar-refractivity contribution in [2.24, 2.45) is 5.92 Å². The summed E-state index contributed by atoms with van der Waals surface area (Å²) in [6, 6.07) is 11.4. The van der Waals surface area contributed by atoms with Gasteiger partial charge in [-0.3, -0.25) is 4.79 Å². The van der Waals surface area contributed by atoms with Crippen LogP contribution in [-0.4, -0.2) is 47.3 Å². The van der Waals surface area contributed by atoms with Crippen LogP contribution in [0.5, 0.6) is 0 Å². The number of benzene rings is 2. The first kappa shape index (κ1) is 26.0. The highest BCUT2D eigenvalue weighted by Crippen LogP contribution is 2.31. The van der Waals surface area contributed by atoms with Gasteiger partial charge in [-0.25, -0.2) is 9.59 Å². The first-order valence-corrected chi connectivity index (χ1v) is 10.3. The van der Waals surface area contributed by atoms with Crippen LogP contribution >= 0.6 is 11.6 Å². The van der Waals surface area contributed by atoms with Crippen LogP contribution in [0, 0.1) is 5.92 Å². The van der Waals surface area contributed by atoms with Crippen LogP contribution in [0.15, 0.2) is 42.5 Å². The molecule has 1 aliphatic rings. The average Bonchev–Trinajstić information content (AvgIpc) is 2.74. The van der Waals surface area contributed by atoms with Gasteiger partial charge in [0.25, 0.3) is 5.91 Å². The van der Waals surface area contributed by atoms with Crippen molar-refractivity contribution in [2.45, 2.75) is 25.9 Å². The molecular formula is C22H22ClF3N2O5. The Kier molecular flexibility index (Phi) is 8.69. The molecule has 1 aliphatic heterocycles. The number of aromatic carboxylic acids is 1. The lowest BCUT2D eigenvalue weighted by Crippen LogP contribution is -2.33. The highest BCUT2D eigenvalue weighted by molar-refractivity contribution is 6.30. The third kappa shape index (κ3) is 7.67. The van der Waals surface area contributed by atoms with E-state index in [9.17, 15) is 27.9 Å². The molecule has 1 saturated heterocycles. The fraction of sp³-hybridized carbons (Fsp3) is 0.318. The highest BCUT2D eigenvalue weighted by Gasteiger charge is 2.38. The van der Waals surface area contributed by atoms with E-state index >= 15 is 0 Å². The molecule has 33 heavy (non-hydrogen) atoms. The first-order chi connectivity index (χ1) is 15.4. The zero-order valence-corrected chi connectivity index (χ0v) is 18.3. The minimum Gasteiger partial charge on any atom is -0.478 e. The monoisotopic (exact) mass is 486 g/mol. The predicted molar refractivity (Wildman–Crippen MR) is 117 cm³/mol. The molecule has 0 bridgehead atoms. The lowest BCUT2D eigenvalue weighted by Gasteiger charge is -2.33. The van der Waals surface area contributed by atoms with Gasteiger partial charge in [0.2, 0.25) is 0 Å². The molecule has 1 heterocycles. The molecule has 0 radical (unpaired) electrons. The number of hydrogen-bond donors (Lipinski definition) is 3. The number of anilines is 2. The van der Waals surface area contributed by atoms with Gasteiger partial charge in [0.1, 0.15) is 0 Å². The number of alkyl halides is 3. The Morgan fingerprint density at radius 3 is 2.00 bits per heavy atom. The molecule has 11 heteroatoms. The summed E-state index contributed by atoms with van der Waals surface area (Å²) in [4.78, 5) is 35.0. The van der Waals surface area contributed by atoms with Crippen LogP contribution in [0.2, 0.25) is 5.02 Å². The lowest BCUT2D eigenvalue weighted by atomic mass is 9.98. The van der Waals surface area contributed by atoms with Crippen molar-refractivity contribution in [3.63, 3.8) is 0 Å². The molecule has 3 N–H and O–H groups in total. The molecule has 0 aliphatic carbocycles. The second kappa shape index (κ2) is 11.0. The van der Waals surface area contributed by atoms with Crippen molar-refractivity contribution in [2.75, 3.05) is 23.3 Å². The summed E-state index contributed by atoms with van der Waals surface area (Å²) < 4.78 is 31.7. The summed E-state index contributed by atoms with van der Waals surface area (Å²) >= 11 is 5.87. The molecule has 7 nitrogen and oxygen atoms in total. The summed E-state index contributed by atoms with van der Waals surface area (Å²) in [6.45, 7) is 4.00. The summed E-state index contributed by atoms with van der Waals surface area (Å²) in [5.74, 6) is -3.40. The van der Waals surface area contributed by atoms with Crippen molar-refractivity contribution < 1.29 is 37.8 Å². The molecule has 3 rings (SSSR count). The van der Waals surface area contributed by atoms with E-state index in [0.717, 1.165) is 31.6 Å². The zero-order valence-electron chi connectivity index (χ0n) is 17.5. The molecule has 0 saturated carbocycles. The van der Waals surface area contributed by atoms with E-state index in [1.807, 2.05) is 0 Å². The van der Waals surface area contributed by atoms with Gasteiger partial charge in [0.05, 0.1) is 16.9 Å². The van der Waals surface area contributed by atoms with Gasteiger partial charge in [-0.05, 0) is 61.2 Å². The number of carbonyl (C=O) groups excluding carboxylic acids is 1. The third-order valence-electron chi connectivity index (χ3n) is 4.96. The SMILES string of the molecule is CC1CCN(c2ccc(C(=O)O)cc2NC(=O)c2ccc(Cl)cc2)CC1.O=C(O)C(F)(F)F. The molecule has 2 aromatic carbocycles. The molecule has 0 aromatic heterocycles. The van der Waals surface area contributed by atoms with Crippen molar-refractivity contribution in [1.29, 1.82) is 0 Å². The number of piperidine rings is 1. The second-order valence-corrected chi connectivity index (χ2v) is 7.91. The highest BCUT2D eigenvalue weighted by atomic mass is 35.5. The molecule has 1 fully saturated rings. The van der Waals surface area contributed by atoms with Gasteiger partial charge in [0, 0.05) is 23.7 Å². The van der Waals surface area contributed by atoms with E-state index in [4.69, 9.17) is 21.5 Å². The molecular weight excluding hydrogens is 465 g/mol. The van der Waals surface area contributed by atoms with Crippen LogP contribution in [0.4, 0.5) is 24.5 Å². The van der Waals surface area contributed by atoms with Gasteiger partial charge in [-0.1, -0.05) is 18.5 Å². The number of nitrogens with zero attached hydrogens (tertiary/aromatic N) is 1. The molecule has 0 spiro atoms. The molecule has 0 unspecified atom stereocenters. The average molecular weight is 487 g/mol. The van der Waals surface area contributed by atoms with E-state index in [1.165, 1.54) is 6.07 Å². The molecule has 2 aromatic rings. The van der Waals surface area contributed by atoms with E-state index < -0.39 is 18.1 Å². The Morgan fingerprint density at radius 1 is 1.00 bits per heavy atom. The molecule has 178 valence electrons. The Hall–Kier alpha value is -3.27. The van der Waals surface area contributed by atoms with Crippen molar-refractivity contribution in [3.8, 4) is 0 Å². The Bertz CT molecular complexity index is 1000. The fourth-order valence-corrected chi connectivity index (χ4v) is 3.22. The third-order valence-corrected chi connectivity index (χ3v) is 5.22. The van der Waals surface area contributed by atoms with E-state index in [1.54, 1.807) is 36.4 Å². The number of nitrogens with one attached hydrogen (secondary N) is 1. The number of aliphatic carboxylic acids is 1. The molecule has 1 amide bonds. The van der Waals surface area contributed by atoms with Gasteiger partial charge in [0.15, 0.2) is 0 Å². The van der Waals surface area contributed by atoms with Gasteiger partial charge < -0.3 is 20.4 Å². The van der Waals surface area contributed by atoms with Gasteiger partial charge in [-0.15, -0.1) is 0 Å². The minimum absolute atomic E-state index is 0.144. The van der Waals surface area contributed by atoms with Crippen LogP contribution in [0.1, 0.15) is 40.5 Å². The van der Waals surface area contributed by atoms with Gasteiger partial charge in [-0.2, -0.15) is 13.2 Å². The number of carboxylic acids is 2. The first-order valence-electron chi connectivity index (χ1n) is 9.87. The molecule has 0 atom stereocenters. The quantitative estimate of drug-likeness (QED) is 0.551. The smallest absolute Gasteiger partial charge is 0.478 e. The van der Waals surface area contributed by atoms with E-state index in [0.29, 0.717) is 22.2 Å². The van der Waals surface area contributed by atoms with E-state index in [-0.39, 0.29) is 11.5 Å². The maximum absolute atomic E-state index is 12.6. The summed E-state index contributed by atoms with van der Waals surface area (Å²) in [6.07, 6.45) is -2.93. The number of carbonyl (C=O) groups is 3. The second-order valence-electron chi connectivity index (χ2n) is 7.47. The summed E-state index contributed by atoms with van der Waals surface area (Å²) in [7, 11) is 0. The summed E-state index contributed by atoms with van der Waals surface area (Å²) in [5.41, 5.74) is 1.97. The number of hydrogen-bond acceptors (Lipinski definition) is 4. The maximum Gasteiger partial charge on any atom is 0.490 e. The predicted octanol–water partition coefficient (Wildman–Crippen LogP) is 5.16. The van der Waals surface area contributed by atoms with Crippen LogP contribution in [0.25, 0.3) is 0 Å². The Labute approximate surface area is 192 Å². The van der Waals surface area contributed by atoms with Crippen LogP contribution in [0.3, 0.4) is 0 Å².